The lowest BCUT2D eigenvalue weighted by molar-refractivity contribution is 0.136. The summed E-state index contributed by atoms with van der Waals surface area (Å²) in [6, 6.07) is 9.55. The number of nitrogens with zero attached hydrogens (tertiary/aromatic N) is 2. The van der Waals surface area contributed by atoms with Gasteiger partial charge in [-0.2, -0.15) is 0 Å². The highest BCUT2D eigenvalue weighted by Crippen LogP contribution is 2.53. The van der Waals surface area contributed by atoms with E-state index in [4.69, 9.17) is 4.98 Å². The van der Waals surface area contributed by atoms with Gasteiger partial charge in [-0.05, 0) is 67.2 Å². The molecule has 2 heterocycles. The van der Waals surface area contributed by atoms with Crippen LogP contribution in [0, 0.1) is 24.7 Å². The molecule has 2 aromatic rings. The molecule has 1 aromatic heterocycles. The van der Waals surface area contributed by atoms with Gasteiger partial charge in [-0.15, -0.1) is 0 Å². The molecule has 1 aromatic carbocycles. The monoisotopic (exact) mass is 308 g/mol. The van der Waals surface area contributed by atoms with Gasteiger partial charge < -0.3 is 4.90 Å². The van der Waals surface area contributed by atoms with Gasteiger partial charge in [-0.1, -0.05) is 32.9 Å². The Hall–Kier alpha value is -1.57. The molecule has 23 heavy (non-hydrogen) atoms. The van der Waals surface area contributed by atoms with Gasteiger partial charge in [-0.3, -0.25) is 0 Å². The van der Waals surface area contributed by atoms with Crippen molar-refractivity contribution in [2.75, 3.05) is 11.4 Å². The zero-order chi connectivity index (χ0) is 16.4. The number of anilines is 1. The molecule has 0 unspecified atom stereocenters. The number of aromatic nitrogens is 1. The summed E-state index contributed by atoms with van der Waals surface area (Å²) in [5, 5.41) is 1.26. The van der Waals surface area contributed by atoms with Crippen molar-refractivity contribution in [1.82, 2.24) is 4.98 Å². The first-order valence-corrected chi connectivity index (χ1v) is 8.89. The third-order valence-electron chi connectivity index (χ3n) is 5.82. The van der Waals surface area contributed by atoms with Crippen molar-refractivity contribution in [1.29, 1.82) is 0 Å². The van der Waals surface area contributed by atoms with E-state index in [9.17, 15) is 0 Å². The van der Waals surface area contributed by atoms with Crippen molar-refractivity contribution in [3.8, 4) is 0 Å². The average Bonchev–Trinajstić information content (AvgIpc) is 2.67. The number of hydrogen-bond donors (Lipinski definition) is 0. The summed E-state index contributed by atoms with van der Waals surface area (Å²) in [5.74, 6) is 1.22. The lowest BCUT2D eigenvalue weighted by Gasteiger charge is -2.39. The Kier molecular flexibility index (Phi) is 3.07. The van der Waals surface area contributed by atoms with Crippen LogP contribution in [0.1, 0.15) is 51.2 Å². The van der Waals surface area contributed by atoms with Crippen LogP contribution in [-0.2, 0) is 0 Å². The van der Waals surface area contributed by atoms with Crippen LogP contribution in [-0.4, -0.2) is 17.6 Å². The molecule has 2 bridgehead atoms. The van der Waals surface area contributed by atoms with Crippen LogP contribution in [0.5, 0.6) is 0 Å². The molecule has 1 aliphatic heterocycles. The molecular weight excluding hydrogens is 280 g/mol. The second kappa shape index (κ2) is 4.72. The van der Waals surface area contributed by atoms with Gasteiger partial charge in [0, 0.05) is 18.0 Å². The van der Waals surface area contributed by atoms with Crippen LogP contribution in [0.25, 0.3) is 10.9 Å². The lowest BCUT2D eigenvalue weighted by atomic mass is 9.65. The standard InChI is InChI=1S/C21H28N2/c1-14-6-7-16-9-15(2)19(22-18(16)8-14)23-13-21(5)11-17(23)10-20(3,4)12-21/h6-9,17H,10-13H2,1-5H3/t17-,21-/m1/s1. The zero-order valence-corrected chi connectivity index (χ0v) is 15.1. The van der Waals surface area contributed by atoms with Crippen LogP contribution >= 0.6 is 0 Å². The van der Waals surface area contributed by atoms with Crippen molar-refractivity contribution < 1.29 is 0 Å². The Balaban J connectivity index is 1.79. The van der Waals surface area contributed by atoms with E-state index >= 15 is 0 Å². The van der Waals surface area contributed by atoms with Crippen LogP contribution in [0.4, 0.5) is 5.82 Å². The molecule has 0 radical (unpaired) electrons. The van der Waals surface area contributed by atoms with E-state index in [2.05, 4.69) is 63.8 Å². The summed E-state index contributed by atoms with van der Waals surface area (Å²) in [6.45, 7) is 12.9. The molecule has 4 rings (SSSR count). The minimum Gasteiger partial charge on any atom is -0.353 e. The van der Waals surface area contributed by atoms with Gasteiger partial charge in [-0.25, -0.2) is 4.98 Å². The fourth-order valence-electron chi connectivity index (χ4n) is 5.37. The highest BCUT2D eigenvalue weighted by molar-refractivity contribution is 5.82. The summed E-state index contributed by atoms with van der Waals surface area (Å²) in [7, 11) is 0. The molecule has 0 spiro atoms. The fourth-order valence-corrected chi connectivity index (χ4v) is 5.37. The molecule has 0 amide bonds. The van der Waals surface area contributed by atoms with E-state index in [1.807, 2.05) is 0 Å². The van der Waals surface area contributed by atoms with Crippen molar-refractivity contribution in [3.05, 3.63) is 35.4 Å². The van der Waals surface area contributed by atoms with E-state index in [0.717, 1.165) is 12.1 Å². The molecule has 2 aliphatic rings. The largest absolute Gasteiger partial charge is 0.353 e. The molecule has 2 fully saturated rings. The third kappa shape index (κ3) is 2.52. The first-order chi connectivity index (χ1) is 10.7. The van der Waals surface area contributed by atoms with Crippen molar-refractivity contribution in [2.24, 2.45) is 10.8 Å². The molecule has 1 saturated heterocycles. The topological polar surface area (TPSA) is 16.1 Å². The minimum atomic E-state index is 0.447. The van der Waals surface area contributed by atoms with Crippen LogP contribution < -0.4 is 4.90 Å². The first-order valence-electron chi connectivity index (χ1n) is 8.89. The SMILES string of the molecule is Cc1ccc2cc(C)c(N3C[C@]4(C)C[C@H]3CC(C)(C)C4)nc2c1. The van der Waals surface area contributed by atoms with E-state index in [1.165, 1.54) is 41.6 Å². The maximum Gasteiger partial charge on any atom is 0.132 e. The van der Waals surface area contributed by atoms with Crippen LogP contribution in [0.2, 0.25) is 0 Å². The predicted molar refractivity (Wildman–Crippen MR) is 98.1 cm³/mol. The Morgan fingerprint density at radius 2 is 1.87 bits per heavy atom. The first kappa shape index (κ1) is 15.0. The van der Waals surface area contributed by atoms with Gasteiger partial charge in [0.05, 0.1) is 5.52 Å². The van der Waals surface area contributed by atoms with Crippen molar-refractivity contribution in [3.63, 3.8) is 0 Å². The van der Waals surface area contributed by atoms with Gasteiger partial charge in [0.2, 0.25) is 0 Å². The summed E-state index contributed by atoms with van der Waals surface area (Å²) in [6.07, 6.45) is 3.94. The molecule has 122 valence electrons. The molecular formula is C21H28N2. The Bertz CT molecular complexity index is 777. The summed E-state index contributed by atoms with van der Waals surface area (Å²) in [5.41, 5.74) is 4.63. The van der Waals surface area contributed by atoms with Gasteiger partial charge >= 0.3 is 0 Å². The molecule has 1 aliphatic carbocycles. The van der Waals surface area contributed by atoms with Gasteiger partial charge in [0.25, 0.3) is 0 Å². The molecule has 2 atom stereocenters. The smallest absolute Gasteiger partial charge is 0.132 e. The molecule has 2 heteroatoms. The normalized spacial score (nSPS) is 29.3. The Morgan fingerprint density at radius 1 is 1.09 bits per heavy atom. The Labute approximate surface area is 139 Å². The summed E-state index contributed by atoms with van der Waals surface area (Å²) >= 11 is 0. The number of benzene rings is 1. The van der Waals surface area contributed by atoms with Gasteiger partial charge in [0.1, 0.15) is 5.82 Å². The fraction of sp³-hybridized carbons (Fsp3) is 0.571. The highest BCUT2D eigenvalue weighted by atomic mass is 15.3. The van der Waals surface area contributed by atoms with Crippen molar-refractivity contribution >= 4 is 16.7 Å². The Morgan fingerprint density at radius 3 is 2.65 bits per heavy atom. The maximum absolute atomic E-state index is 5.08. The highest BCUT2D eigenvalue weighted by Gasteiger charge is 2.50. The van der Waals surface area contributed by atoms with E-state index in [1.54, 1.807) is 0 Å². The van der Waals surface area contributed by atoms with Crippen molar-refractivity contribution in [2.45, 2.75) is 59.9 Å². The number of aryl methyl sites for hydroxylation is 2. The maximum atomic E-state index is 5.08. The van der Waals surface area contributed by atoms with Crippen LogP contribution in [0.3, 0.4) is 0 Å². The number of rotatable bonds is 1. The second-order valence-corrected chi connectivity index (χ2v) is 9.17. The molecule has 2 nitrogen and oxygen atoms in total. The molecule has 0 N–H and O–H groups in total. The van der Waals surface area contributed by atoms with E-state index in [-0.39, 0.29) is 0 Å². The zero-order valence-electron chi connectivity index (χ0n) is 15.1. The number of hydrogen-bond acceptors (Lipinski definition) is 2. The van der Waals surface area contributed by atoms with Gasteiger partial charge in [0.15, 0.2) is 0 Å². The number of fused-ring (bicyclic) bond motifs is 3. The lowest BCUT2D eigenvalue weighted by Crippen LogP contribution is -2.35. The van der Waals surface area contributed by atoms with Crippen LogP contribution in [0.15, 0.2) is 24.3 Å². The van der Waals surface area contributed by atoms with E-state index in [0.29, 0.717) is 16.9 Å². The second-order valence-electron chi connectivity index (χ2n) is 9.17. The summed E-state index contributed by atoms with van der Waals surface area (Å²) < 4.78 is 0. The minimum absolute atomic E-state index is 0.447. The van der Waals surface area contributed by atoms with E-state index < -0.39 is 0 Å². The quantitative estimate of drug-likeness (QED) is 0.714. The average molecular weight is 308 g/mol. The molecule has 1 saturated carbocycles. The number of pyridine rings is 1. The predicted octanol–water partition coefficient (Wildman–Crippen LogP) is 5.26. The third-order valence-corrected chi connectivity index (χ3v) is 5.82. The summed E-state index contributed by atoms with van der Waals surface area (Å²) in [4.78, 5) is 7.70.